The molecule has 0 aliphatic carbocycles. The van der Waals surface area contributed by atoms with E-state index in [0.717, 1.165) is 0 Å². The van der Waals surface area contributed by atoms with Crippen LogP contribution in [0.25, 0.3) is 0 Å². The average Bonchev–Trinajstić information content (AvgIpc) is 2.45. The number of rotatable bonds is 9. The number of nitrogens with two attached hydrogens (primary N) is 2. The summed E-state index contributed by atoms with van der Waals surface area (Å²) in [5, 5.41) is 18.5. The molecule has 0 aliphatic rings. The van der Waals surface area contributed by atoms with E-state index >= 15 is 0 Å². The Kier molecular flexibility index (Phi) is 6.29. The van der Waals surface area contributed by atoms with Crippen molar-refractivity contribution in [2.45, 2.75) is 31.1 Å². The van der Waals surface area contributed by atoms with Gasteiger partial charge >= 0.3 is 11.9 Å². The first-order valence-corrected chi connectivity index (χ1v) is 6.58. The summed E-state index contributed by atoms with van der Waals surface area (Å²) in [5.74, 6) is -2.70. The van der Waals surface area contributed by atoms with Crippen LogP contribution in [0.2, 0.25) is 0 Å². The third-order valence-electron chi connectivity index (χ3n) is 3.02. The molecule has 0 saturated carbocycles. The van der Waals surface area contributed by atoms with E-state index in [4.69, 9.17) is 16.2 Å². The van der Waals surface area contributed by atoms with Gasteiger partial charge in [-0.3, -0.25) is 5.73 Å². The molecule has 7 nitrogen and oxygen atoms in total. The zero-order valence-electron chi connectivity index (χ0n) is 11.6. The largest absolute Gasteiger partial charge is 0.479 e. The van der Waals surface area contributed by atoms with Crippen LogP contribution in [0.4, 0.5) is 0 Å². The lowest BCUT2D eigenvalue weighted by molar-refractivity contribution is -0.184. The number of unbranched alkanes of at least 4 members (excludes halogenated alkanes) is 1. The number of benzene rings is 1. The van der Waals surface area contributed by atoms with E-state index in [9.17, 15) is 19.8 Å². The van der Waals surface area contributed by atoms with E-state index in [2.05, 4.69) is 0 Å². The van der Waals surface area contributed by atoms with Crippen molar-refractivity contribution in [2.75, 3.05) is 6.54 Å². The molecule has 6 N–H and O–H groups in total. The number of carboxylic acid groups (broad SMARTS) is 2. The number of hydrogen-bond donors (Lipinski definition) is 4. The van der Waals surface area contributed by atoms with Crippen LogP contribution in [0.3, 0.4) is 0 Å². The summed E-state index contributed by atoms with van der Waals surface area (Å²) >= 11 is 0. The highest BCUT2D eigenvalue weighted by atomic mass is 16.6. The zero-order chi connectivity index (χ0) is 15.9. The van der Waals surface area contributed by atoms with Crippen LogP contribution >= 0.6 is 0 Å². The molecule has 1 aromatic carbocycles. The first kappa shape index (κ1) is 17.1. The summed E-state index contributed by atoms with van der Waals surface area (Å²) in [6.07, 6.45) is -0.444. The van der Waals surface area contributed by atoms with Crippen molar-refractivity contribution in [3.8, 4) is 0 Å². The van der Waals surface area contributed by atoms with Gasteiger partial charge in [0.1, 0.15) is 0 Å². The van der Waals surface area contributed by atoms with Crippen LogP contribution in [0.5, 0.6) is 0 Å². The number of carbonyl (C=O) groups is 2. The minimum atomic E-state index is -2.06. The van der Waals surface area contributed by atoms with E-state index in [1.807, 2.05) is 0 Å². The molecule has 0 bridgehead atoms. The fourth-order valence-corrected chi connectivity index (χ4v) is 1.85. The lowest BCUT2D eigenvalue weighted by Gasteiger charge is -2.28. The highest BCUT2D eigenvalue weighted by Gasteiger charge is 2.40. The monoisotopic (exact) mass is 296 g/mol. The highest BCUT2D eigenvalue weighted by Crippen LogP contribution is 2.25. The maximum absolute atomic E-state index is 11.3. The van der Waals surface area contributed by atoms with Crippen molar-refractivity contribution in [1.29, 1.82) is 0 Å². The molecule has 0 radical (unpaired) electrons. The van der Waals surface area contributed by atoms with Gasteiger partial charge in [0.2, 0.25) is 5.72 Å². The fraction of sp³-hybridized carbons (Fsp3) is 0.429. The Morgan fingerprint density at radius 2 is 1.81 bits per heavy atom. The second-order valence-corrected chi connectivity index (χ2v) is 4.69. The van der Waals surface area contributed by atoms with Crippen LogP contribution in [0.15, 0.2) is 30.3 Å². The van der Waals surface area contributed by atoms with Crippen molar-refractivity contribution < 1.29 is 24.5 Å². The summed E-state index contributed by atoms with van der Waals surface area (Å²) in [5.41, 5.74) is 9.35. The maximum atomic E-state index is 11.3. The van der Waals surface area contributed by atoms with Crippen molar-refractivity contribution in [3.05, 3.63) is 35.9 Å². The highest BCUT2D eigenvalue weighted by molar-refractivity contribution is 5.79. The molecule has 1 unspecified atom stereocenters. The SMILES string of the molecule is NCCCC[C@](N)(OC(C(=O)O)c1ccccc1)C(=O)O. The Hall–Kier alpha value is -1.96. The Bertz CT molecular complexity index is 480. The van der Waals surface area contributed by atoms with Gasteiger partial charge in [0.25, 0.3) is 0 Å². The quantitative estimate of drug-likeness (QED) is 0.389. The molecule has 1 aromatic rings. The van der Waals surface area contributed by atoms with Crippen LogP contribution in [0.1, 0.15) is 30.9 Å². The Balaban J connectivity index is 2.93. The van der Waals surface area contributed by atoms with Crippen LogP contribution < -0.4 is 11.5 Å². The van der Waals surface area contributed by atoms with Crippen LogP contribution in [-0.2, 0) is 14.3 Å². The van der Waals surface area contributed by atoms with Crippen molar-refractivity contribution in [3.63, 3.8) is 0 Å². The van der Waals surface area contributed by atoms with Gasteiger partial charge < -0.3 is 20.7 Å². The molecule has 0 amide bonds. The van der Waals surface area contributed by atoms with E-state index in [0.29, 0.717) is 24.9 Å². The lowest BCUT2D eigenvalue weighted by atomic mass is 10.0. The number of carboxylic acids is 2. The average molecular weight is 296 g/mol. The standard InChI is InChI=1S/C14H20N2O5/c15-9-5-4-8-14(16,13(19)20)21-11(12(17)18)10-6-2-1-3-7-10/h1-3,6-7,11H,4-5,8-9,15-16H2,(H,17,18)(H,19,20)/t11?,14-/m0/s1. The predicted octanol–water partition coefficient (Wildman–Crippen LogP) is 0.698. The molecule has 0 aliphatic heterocycles. The summed E-state index contributed by atoms with van der Waals surface area (Å²) in [6.45, 7) is 0.400. The first-order valence-electron chi connectivity index (χ1n) is 6.58. The molecule has 0 spiro atoms. The molecule has 0 heterocycles. The van der Waals surface area contributed by atoms with Crippen LogP contribution in [-0.4, -0.2) is 34.4 Å². The van der Waals surface area contributed by atoms with Gasteiger partial charge in [0.05, 0.1) is 0 Å². The Morgan fingerprint density at radius 3 is 2.29 bits per heavy atom. The van der Waals surface area contributed by atoms with E-state index < -0.39 is 23.8 Å². The first-order chi connectivity index (χ1) is 9.90. The zero-order valence-corrected chi connectivity index (χ0v) is 11.6. The van der Waals surface area contributed by atoms with Gasteiger partial charge in [0, 0.05) is 6.42 Å². The molecule has 0 saturated heterocycles. The molecule has 7 heteroatoms. The van der Waals surface area contributed by atoms with Crippen molar-refractivity contribution in [2.24, 2.45) is 11.5 Å². The van der Waals surface area contributed by atoms with E-state index in [-0.39, 0.29) is 6.42 Å². The van der Waals surface area contributed by atoms with E-state index in [1.54, 1.807) is 30.3 Å². The van der Waals surface area contributed by atoms with Gasteiger partial charge in [-0.05, 0) is 24.9 Å². The van der Waals surface area contributed by atoms with Gasteiger partial charge in [-0.2, -0.15) is 0 Å². The molecular formula is C14H20N2O5. The smallest absolute Gasteiger partial charge is 0.351 e. The van der Waals surface area contributed by atoms with Crippen molar-refractivity contribution >= 4 is 11.9 Å². The summed E-state index contributed by atoms with van der Waals surface area (Å²) in [6, 6.07) is 8.09. The predicted molar refractivity (Wildman–Crippen MR) is 75.4 cm³/mol. The second-order valence-electron chi connectivity index (χ2n) is 4.69. The normalized spacial score (nSPS) is 15.1. The third kappa shape index (κ3) is 4.82. The van der Waals surface area contributed by atoms with Gasteiger partial charge in [-0.15, -0.1) is 0 Å². The molecule has 116 valence electrons. The minimum absolute atomic E-state index is 0.0177. The molecule has 2 atom stereocenters. The number of hydrogen-bond acceptors (Lipinski definition) is 5. The number of aliphatic carboxylic acids is 2. The van der Waals surface area contributed by atoms with Crippen molar-refractivity contribution in [1.82, 2.24) is 0 Å². The maximum Gasteiger partial charge on any atom is 0.351 e. The van der Waals surface area contributed by atoms with Gasteiger partial charge in [-0.1, -0.05) is 30.3 Å². The molecule has 1 rings (SSSR count). The molecule has 21 heavy (non-hydrogen) atoms. The summed E-state index contributed by atoms with van der Waals surface area (Å²) < 4.78 is 5.23. The summed E-state index contributed by atoms with van der Waals surface area (Å²) in [7, 11) is 0. The Morgan fingerprint density at radius 1 is 1.19 bits per heavy atom. The summed E-state index contributed by atoms with van der Waals surface area (Å²) in [4.78, 5) is 22.7. The molecule has 0 fully saturated rings. The van der Waals surface area contributed by atoms with Gasteiger partial charge in [0.15, 0.2) is 6.10 Å². The number of ether oxygens (including phenoxy) is 1. The van der Waals surface area contributed by atoms with Crippen LogP contribution in [0, 0.1) is 0 Å². The third-order valence-corrected chi connectivity index (χ3v) is 3.02. The Labute approximate surface area is 122 Å². The minimum Gasteiger partial charge on any atom is -0.479 e. The lowest BCUT2D eigenvalue weighted by Crippen LogP contribution is -2.52. The topological polar surface area (TPSA) is 136 Å². The molecule has 0 aromatic heterocycles. The molecular weight excluding hydrogens is 276 g/mol. The van der Waals surface area contributed by atoms with Gasteiger partial charge in [-0.25, -0.2) is 9.59 Å². The fourth-order valence-electron chi connectivity index (χ4n) is 1.85. The second kappa shape index (κ2) is 7.72. The van der Waals surface area contributed by atoms with E-state index in [1.165, 1.54) is 0 Å².